The zero-order valence-electron chi connectivity index (χ0n) is 20.5. The number of carboxylic acid groups (broad SMARTS) is 1. The van der Waals surface area contributed by atoms with Crippen molar-refractivity contribution in [2.75, 3.05) is 33.4 Å². The van der Waals surface area contributed by atoms with Gasteiger partial charge >= 0.3 is 5.97 Å². The molecule has 1 aliphatic rings. The Kier molecular flexibility index (Phi) is 7.42. The lowest BCUT2D eigenvalue weighted by molar-refractivity contribution is -0.136. The molecule has 1 saturated heterocycles. The predicted molar refractivity (Wildman–Crippen MR) is 137 cm³/mol. The molecule has 0 atom stereocenters. The molecule has 34 heavy (non-hydrogen) atoms. The fourth-order valence-corrected chi connectivity index (χ4v) is 5.14. The number of fused-ring (bicyclic) bond motifs is 1. The molecule has 3 aromatic carbocycles. The van der Waals surface area contributed by atoms with Gasteiger partial charge in [-0.15, -0.1) is 0 Å². The number of carboxylic acids is 1. The summed E-state index contributed by atoms with van der Waals surface area (Å²) in [5.74, 6) is 0.782. The minimum absolute atomic E-state index is 0.111. The van der Waals surface area contributed by atoms with E-state index in [4.69, 9.17) is 14.6 Å². The highest BCUT2D eigenvalue weighted by atomic mass is 16.5. The SMILES string of the molecule is COc1cccc(OCCN2CCCC(C)(C)C2)c1-c1cccc2c(CCC(=O)O)cccc12. The first kappa shape index (κ1) is 24.1. The second kappa shape index (κ2) is 10.5. The minimum atomic E-state index is -0.786. The van der Waals surface area contributed by atoms with E-state index < -0.39 is 5.97 Å². The van der Waals surface area contributed by atoms with Crippen LogP contribution in [0.5, 0.6) is 11.5 Å². The van der Waals surface area contributed by atoms with Crippen molar-refractivity contribution in [3.8, 4) is 22.6 Å². The molecule has 0 spiro atoms. The molecule has 0 amide bonds. The molecule has 5 heteroatoms. The first-order valence-corrected chi connectivity index (χ1v) is 12.1. The molecular weight excluding hydrogens is 426 g/mol. The molecular formula is C29H35NO4. The standard InChI is InChI=1S/C29H35NO4/c1-29(2)16-7-17-30(20-29)18-19-34-26-13-6-12-25(33-3)28(26)24-11-5-9-22-21(14-15-27(31)32)8-4-10-23(22)24/h4-6,8-13H,7,14-20H2,1-3H3,(H,31,32). The number of aliphatic carboxylic acids is 1. The van der Waals surface area contributed by atoms with Crippen LogP contribution in [0.1, 0.15) is 38.7 Å². The Morgan fingerprint density at radius 3 is 2.53 bits per heavy atom. The lowest BCUT2D eigenvalue weighted by atomic mass is 9.84. The van der Waals surface area contributed by atoms with Crippen LogP contribution >= 0.6 is 0 Å². The Balaban J connectivity index is 1.64. The molecule has 3 aromatic rings. The third-order valence-corrected chi connectivity index (χ3v) is 6.74. The second-order valence-electron chi connectivity index (χ2n) is 9.94. The topological polar surface area (TPSA) is 59.0 Å². The van der Waals surface area contributed by atoms with Crippen LogP contribution in [0, 0.1) is 5.41 Å². The average molecular weight is 462 g/mol. The molecule has 1 N–H and O–H groups in total. The molecule has 1 heterocycles. The molecule has 0 aromatic heterocycles. The van der Waals surface area contributed by atoms with Crippen LogP contribution in [0.2, 0.25) is 0 Å². The van der Waals surface area contributed by atoms with Gasteiger partial charge in [0.05, 0.1) is 12.7 Å². The summed E-state index contributed by atoms with van der Waals surface area (Å²) in [6, 6.07) is 18.2. The maximum absolute atomic E-state index is 11.1. The van der Waals surface area contributed by atoms with E-state index in [1.165, 1.54) is 12.8 Å². The molecule has 0 radical (unpaired) electrons. The van der Waals surface area contributed by atoms with Crippen molar-refractivity contribution >= 4 is 16.7 Å². The van der Waals surface area contributed by atoms with Crippen LogP contribution in [0.4, 0.5) is 0 Å². The average Bonchev–Trinajstić information content (AvgIpc) is 2.81. The van der Waals surface area contributed by atoms with E-state index in [1.54, 1.807) is 7.11 Å². The van der Waals surface area contributed by atoms with E-state index in [9.17, 15) is 4.79 Å². The van der Waals surface area contributed by atoms with Crippen LogP contribution in [0.15, 0.2) is 54.6 Å². The van der Waals surface area contributed by atoms with Gasteiger partial charge in [0.2, 0.25) is 0 Å². The first-order chi connectivity index (χ1) is 16.4. The number of nitrogens with zero attached hydrogens (tertiary/aromatic N) is 1. The van der Waals surface area contributed by atoms with E-state index in [1.807, 2.05) is 36.4 Å². The highest BCUT2D eigenvalue weighted by molar-refractivity contribution is 6.01. The quantitative estimate of drug-likeness (QED) is 0.421. The smallest absolute Gasteiger partial charge is 0.303 e. The molecule has 5 nitrogen and oxygen atoms in total. The van der Waals surface area contributed by atoms with Crippen molar-refractivity contribution in [3.05, 3.63) is 60.2 Å². The summed E-state index contributed by atoms with van der Waals surface area (Å²) >= 11 is 0. The summed E-state index contributed by atoms with van der Waals surface area (Å²) in [5.41, 5.74) is 3.36. The van der Waals surface area contributed by atoms with Gasteiger partial charge in [-0.05, 0) is 65.3 Å². The fraction of sp³-hybridized carbons (Fsp3) is 0.414. The zero-order chi connectivity index (χ0) is 24.1. The normalized spacial score (nSPS) is 15.9. The highest BCUT2D eigenvalue weighted by Gasteiger charge is 2.26. The van der Waals surface area contributed by atoms with Crippen molar-refractivity contribution in [3.63, 3.8) is 0 Å². The van der Waals surface area contributed by atoms with E-state index in [2.05, 4.69) is 36.9 Å². The van der Waals surface area contributed by atoms with Crippen LogP contribution in [-0.4, -0.2) is 49.3 Å². The molecule has 1 aliphatic heterocycles. The molecule has 0 aliphatic carbocycles. The summed E-state index contributed by atoms with van der Waals surface area (Å²) in [6.45, 7) is 8.42. The number of benzene rings is 3. The summed E-state index contributed by atoms with van der Waals surface area (Å²) in [5, 5.41) is 11.3. The lowest BCUT2D eigenvalue weighted by Crippen LogP contribution is -2.41. The third-order valence-electron chi connectivity index (χ3n) is 6.74. The third kappa shape index (κ3) is 5.53. The van der Waals surface area contributed by atoms with Crippen molar-refractivity contribution in [1.29, 1.82) is 0 Å². The number of hydrogen-bond acceptors (Lipinski definition) is 4. The molecule has 180 valence electrons. The fourth-order valence-electron chi connectivity index (χ4n) is 5.14. The largest absolute Gasteiger partial charge is 0.496 e. The van der Waals surface area contributed by atoms with Gasteiger partial charge < -0.3 is 14.6 Å². The van der Waals surface area contributed by atoms with Crippen molar-refractivity contribution in [2.24, 2.45) is 5.41 Å². The van der Waals surface area contributed by atoms with E-state index in [0.29, 0.717) is 18.4 Å². The Bertz CT molecular complexity index is 1150. The number of ether oxygens (including phenoxy) is 2. The van der Waals surface area contributed by atoms with Gasteiger partial charge in [0.15, 0.2) is 0 Å². The van der Waals surface area contributed by atoms with Crippen LogP contribution in [0.3, 0.4) is 0 Å². The van der Waals surface area contributed by atoms with Gasteiger partial charge in [-0.2, -0.15) is 0 Å². The van der Waals surface area contributed by atoms with Crippen molar-refractivity contribution in [2.45, 2.75) is 39.5 Å². The minimum Gasteiger partial charge on any atom is -0.496 e. The van der Waals surface area contributed by atoms with Gasteiger partial charge in [-0.3, -0.25) is 9.69 Å². The number of piperidine rings is 1. The Morgan fingerprint density at radius 2 is 1.76 bits per heavy atom. The monoisotopic (exact) mass is 461 g/mol. The Morgan fingerprint density at radius 1 is 1.03 bits per heavy atom. The van der Waals surface area contributed by atoms with Gasteiger partial charge in [-0.25, -0.2) is 0 Å². The molecule has 0 saturated carbocycles. The van der Waals surface area contributed by atoms with Crippen LogP contribution < -0.4 is 9.47 Å². The first-order valence-electron chi connectivity index (χ1n) is 12.1. The molecule has 0 unspecified atom stereocenters. The number of likely N-dealkylation sites (tertiary alicyclic amines) is 1. The van der Waals surface area contributed by atoms with Crippen LogP contribution in [0.25, 0.3) is 21.9 Å². The highest BCUT2D eigenvalue weighted by Crippen LogP contribution is 2.42. The van der Waals surface area contributed by atoms with E-state index in [-0.39, 0.29) is 6.42 Å². The second-order valence-corrected chi connectivity index (χ2v) is 9.94. The van der Waals surface area contributed by atoms with Gasteiger partial charge in [-0.1, -0.05) is 56.3 Å². The summed E-state index contributed by atoms with van der Waals surface area (Å²) < 4.78 is 12.1. The van der Waals surface area contributed by atoms with Crippen molar-refractivity contribution in [1.82, 2.24) is 4.90 Å². The number of aryl methyl sites for hydroxylation is 1. The number of carbonyl (C=O) groups is 1. The summed E-state index contributed by atoms with van der Waals surface area (Å²) in [6.07, 6.45) is 3.12. The Hall–Kier alpha value is -3.05. The van der Waals surface area contributed by atoms with Gasteiger partial charge in [0.1, 0.15) is 18.1 Å². The lowest BCUT2D eigenvalue weighted by Gasteiger charge is -2.37. The maximum atomic E-state index is 11.1. The number of hydrogen-bond donors (Lipinski definition) is 1. The molecule has 0 bridgehead atoms. The van der Waals surface area contributed by atoms with Gasteiger partial charge in [0, 0.05) is 19.5 Å². The molecule has 4 rings (SSSR count). The van der Waals surface area contributed by atoms with Crippen molar-refractivity contribution < 1.29 is 19.4 Å². The molecule has 1 fully saturated rings. The Labute approximate surface area is 202 Å². The zero-order valence-corrected chi connectivity index (χ0v) is 20.5. The number of rotatable bonds is 9. The van der Waals surface area contributed by atoms with Gasteiger partial charge in [0.25, 0.3) is 0 Å². The predicted octanol–water partition coefficient (Wildman–Crippen LogP) is 6.03. The number of methoxy groups -OCH3 is 1. The van der Waals surface area contributed by atoms with E-state index >= 15 is 0 Å². The maximum Gasteiger partial charge on any atom is 0.303 e. The van der Waals surface area contributed by atoms with E-state index in [0.717, 1.165) is 58.6 Å². The summed E-state index contributed by atoms with van der Waals surface area (Å²) in [4.78, 5) is 13.6. The van der Waals surface area contributed by atoms with Crippen LogP contribution in [-0.2, 0) is 11.2 Å². The summed E-state index contributed by atoms with van der Waals surface area (Å²) in [7, 11) is 1.68.